The summed E-state index contributed by atoms with van der Waals surface area (Å²) < 4.78 is 16.0. The van der Waals surface area contributed by atoms with Crippen LogP contribution in [0, 0.1) is 5.92 Å². The minimum atomic E-state index is -0.243. The largest absolute Gasteiger partial charge is 0.496 e. The lowest BCUT2D eigenvalue weighted by molar-refractivity contribution is 0.0853. The smallest absolute Gasteiger partial charge is 0.255 e. The number of carbonyl (C=O) groups is 1. The van der Waals surface area contributed by atoms with Gasteiger partial charge in [-0.15, -0.1) is 12.4 Å². The summed E-state index contributed by atoms with van der Waals surface area (Å²) in [5, 5.41) is 3.16. The molecule has 0 aliphatic carbocycles. The fraction of sp³-hybridized carbons (Fsp3) is 0.562. The molecule has 6 nitrogen and oxygen atoms in total. The molecule has 1 aromatic rings. The molecule has 0 aromatic heterocycles. The number of amides is 1. The van der Waals surface area contributed by atoms with Crippen molar-refractivity contribution < 1.29 is 19.0 Å². The Bertz CT molecular complexity index is 537. The molecule has 1 amide bonds. The number of nitrogens with two attached hydrogens (primary N) is 1. The average molecular weight is 379 g/mol. The van der Waals surface area contributed by atoms with Gasteiger partial charge in [-0.05, 0) is 18.9 Å². The number of methoxy groups -OCH3 is 1. The zero-order chi connectivity index (χ0) is 16.7. The number of nitrogens with one attached hydrogen (secondary N) is 1. The summed E-state index contributed by atoms with van der Waals surface area (Å²) in [7, 11) is 1.49. The normalized spacial score (nSPS) is 16.5. The predicted octanol–water partition coefficient (Wildman–Crippen LogP) is 2.53. The monoisotopic (exact) mass is 378 g/mol. The van der Waals surface area contributed by atoms with Gasteiger partial charge >= 0.3 is 0 Å². The number of anilines is 1. The maximum Gasteiger partial charge on any atom is 0.255 e. The van der Waals surface area contributed by atoms with Crippen LogP contribution in [0.5, 0.6) is 5.75 Å². The van der Waals surface area contributed by atoms with Gasteiger partial charge in [0.25, 0.3) is 5.91 Å². The molecule has 3 N–H and O–H groups in total. The Morgan fingerprint density at radius 2 is 2.29 bits per heavy atom. The summed E-state index contributed by atoms with van der Waals surface area (Å²) in [6, 6.07) is 3.06. The molecule has 0 saturated carbocycles. The molecule has 0 radical (unpaired) electrons. The molecule has 8 heteroatoms. The van der Waals surface area contributed by atoms with Crippen molar-refractivity contribution in [3.8, 4) is 5.75 Å². The van der Waals surface area contributed by atoms with E-state index in [0.717, 1.165) is 32.7 Å². The predicted molar refractivity (Wildman–Crippen MR) is 96.4 cm³/mol. The first-order chi connectivity index (χ1) is 11.1. The third kappa shape index (κ3) is 6.02. The summed E-state index contributed by atoms with van der Waals surface area (Å²) in [4.78, 5) is 12.2. The van der Waals surface area contributed by atoms with E-state index in [1.165, 1.54) is 13.2 Å². The van der Waals surface area contributed by atoms with E-state index in [2.05, 4.69) is 5.32 Å². The minimum Gasteiger partial charge on any atom is -0.496 e. The summed E-state index contributed by atoms with van der Waals surface area (Å²) in [6.45, 7) is 3.46. The van der Waals surface area contributed by atoms with Gasteiger partial charge in [0.15, 0.2) is 0 Å². The van der Waals surface area contributed by atoms with E-state index < -0.39 is 0 Å². The van der Waals surface area contributed by atoms with Crippen molar-refractivity contribution in [1.29, 1.82) is 0 Å². The Kier molecular flexibility index (Phi) is 9.21. The second kappa shape index (κ2) is 10.6. The van der Waals surface area contributed by atoms with Crippen LogP contribution in [0.15, 0.2) is 12.1 Å². The van der Waals surface area contributed by atoms with Crippen LogP contribution in [0.4, 0.5) is 5.69 Å². The first-order valence-electron chi connectivity index (χ1n) is 7.68. The SMILES string of the molecule is COc1cc(N)c(Cl)cc1C(=O)NCCCOCC1CCOC1.Cl. The summed E-state index contributed by atoms with van der Waals surface area (Å²) in [6.07, 6.45) is 1.80. The topological polar surface area (TPSA) is 82.8 Å². The molecule has 1 saturated heterocycles. The van der Waals surface area contributed by atoms with Crippen LogP contribution in [0.2, 0.25) is 5.02 Å². The van der Waals surface area contributed by atoms with E-state index in [4.69, 9.17) is 31.5 Å². The second-order valence-corrected chi connectivity index (χ2v) is 5.90. The first kappa shape index (κ1) is 20.8. The molecule has 0 bridgehead atoms. The van der Waals surface area contributed by atoms with E-state index in [1.54, 1.807) is 6.07 Å². The second-order valence-electron chi connectivity index (χ2n) is 5.49. The van der Waals surface area contributed by atoms with Crippen LogP contribution in [-0.2, 0) is 9.47 Å². The van der Waals surface area contributed by atoms with Gasteiger partial charge in [0, 0.05) is 31.7 Å². The Hall–Kier alpha value is -1.21. The molecular formula is C16H24Cl2N2O4. The number of ether oxygens (including phenoxy) is 3. The first-order valence-corrected chi connectivity index (χ1v) is 8.06. The molecular weight excluding hydrogens is 355 g/mol. The number of carbonyl (C=O) groups excluding carboxylic acids is 1. The van der Waals surface area contributed by atoms with Gasteiger partial charge in [0.2, 0.25) is 0 Å². The van der Waals surface area contributed by atoms with Crippen LogP contribution in [0.3, 0.4) is 0 Å². The summed E-state index contributed by atoms with van der Waals surface area (Å²) in [5.74, 6) is 0.667. The number of nitrogen functional groups attached to an aromatic ring is 1. The van der Waals surface area contributed by atoms with Gasteiger partial charge in [-0.1, -0.05) is 11.6 Å². The van der Waals surface area contributed by atoms with E-state index >= 15 is 0 Å². The fourth-order valence-corrected chi connectivity index (χ4v) is 2.52. The highest BCUT2D eigenvalue weighted by Gasteiger charge is 2.16. The number of rotatable bonds is 8. The maximum absolute atomic E-state index is 12.2. The highest BCUT2D eigenvalue weighted by molar-refractivity contribution is 6.33. The number of halogens is 2. The Balaban J connectivity index is 0.00000288. The van der Waals surface area contributed by atoms with E-state index in [9.17, 15) is 4.79 Å². The lowest BCUT2D eigenvalue weighted by Gasteiger charge is -2.12. The highest BCUT2D eigenvalue weighted by Crippen LogP contribution is 2.28. The van der Waals surface area contributed by atoms with Crippen molar-refractivity contribution in [2.75, 3.05) is 45.8 Å². The zero-order valence-electron chi connectivity index (χ0n) is 13.7. The lowest BCUT2D eigenvalue weighted by atomic mass is 10.1. The molecule has 1 aliphatic heterocycles. The fourth-order valence-electron chi connectivity index (χ4n) is 2.35. The standard InChI is InChI=1S/C16H23ClN2O4.ClH/c1-21-15-8-14(18)13(17)7-12(15)16(20)19-4-2-5-22-9-11-3-6-23-10-11;/h7-8,11H,2-6,9-10,18H2,1H3,(H,19,20);1H. The van der Waals surface area contributed by atoms with Crippen molar-refractivity contribution >= 4 is 35.6 Å². The Morgan fingerprint density at radius 1 is 1.50 bits per heavy atom. The molecule has 136 valence electrons. The lowest BCUT2D eigenvalue weighted by Crippen LogP contribution is -2.26. The third-order valence-corrected chi connectivity index (χ3v) is 4.02. The van der Waals surface area contributed by atoms with Crippen LogP contribution < -0.4 is 15.8 Å². The van der Waals surface area contributed by atoms with Gasteiger partial charge < -0.3 is 25.3 Å². The van der Waals surface area contributed by atoms with Gasteiger partial charge in [-0.25, -0.2) is 0 Å². The number of benzene rings is 1. The van der Waals surface area contributed by atoms with E-state index in [-0.39, 0.29) is 18.3 Å². The zero-order valence-corrected chi connectivity index (χ0v) is 15.3. The number of hydrogen-bond acceptors (Lipinski definition) is 5. The Labute approximate surface area is 153 Å². The summed E-state index contributed by atoms with van der Waals surface area (Å²) in [5.41, 5.74) is 6.45. The molecule has 1 aliphatic rings. The molecule has 1 heterocycles. The molecule has 1 aromatic carbocycles. The van der Waals surface area contributed by atoms with Crippen molar-refractivity contribution in [2.45, 2.75) is 12.8 Å². The van der Waals surface area contributed by atoms with Crippen LogP contribution in [0.25, 0.3) is 0 Å². The molecule has 1 atom stereocenters. The van der Waals surface area contributed by atoms with Crippen molar-refractivity contribution in [3.05, 3.63) is 22.7 Å². The third-order valence-electron chi connectivity index (χ3n) is 3.69. The molecule has 24 heavy (non-hydrogen) atoms. The molecule has 1 unspecified atom stereocenters. The quantitative estimate of drug-likeness (QED) is 0.536. The van der Waals surface area contributed by atoms with Crippen LogP contribution in [-0.4, -0.2) is 46.0 Å². The number of hydrogen-bond donors (Lipinski definition) is 2. The molecule has 2 rings (SSSR count). The summed E-state index contributed by atoms with van der Waals surface area (Å²) >= 11 is 5.96. The molecule has 0 spiro atoms. The minimum absolute atomic E-state index is 0. The van der Waals surface area contributed by atoms with Crippen molar-refractivity contribution in [1.82, 2.24) is 5.32 Å². The highest BCUT2D eigenvalue weighted by atomic mass is 35.5. The van der Waals surface area contributed by atoms with Crippen LogP contribution >= 0.6 is 24.0 Å². The van der Waals surface area contributed by atoms with Gasteiger partial charge in [-0.3, -0.25) is 4.79 Å². The maximum atomic E-state index is 12.2. The Morgan fingerprint density at radius 3 is 2.96 bits per heavy atom. The van der Waals surface area contributed by atoms with Crippen LogP contribution in [0.1, 0.15) is 23.2 Å². The van der Waals surface area contributed by atoms with Gasteiger partial charge in [0.1, 0.15) is 5.75 Å². The average Bonchev–Trinajstić information content (AvgIpc) is 3.06. The van der Waals surface area contributed by atoms with Gasteiger partial charge in [0.05, 0.1) is 36.6 Å². The van der Waals surface area contributed by atoms with E-state index in [1.807, 2.05) is 0 Å². The van der Waals surface area contributed by atoms with Gasteiger partial charge in [-0.2, -0.15) is 0 Å². The van der Waals surface area contributed by atoms with E-state index in [0.29, 0.717) is 41.1 Å². The van der Waals surface area contributed by atoms with Crippen molar-refractivity contribution in [3.63, 3.8) is 0 Å². The molecule has 1 fully saturated rings. The van der Waals surface area contributed by atoms with Crippen molar-refractivity contribution in [2.24, 2.45) is 5.92 Å².